The summed E-state index contributed by atoms with van der Waals surface area (Å²) >= 11 is 0. The van der Waals surface area contributed by atoms with Gasteiger partial charge in [-0.3, -0.25) is 4.79 Å². The maximum Gasteiger partial charge on any atom is 0.407 e. The molecule has 0 aliphatic heterocycles. The molecule has 22 heavy (non-hydrogen) atoms. The van der Waals surface area contributed by atoms with E-state index in [4.69, 9.17) is 0 Å². The Kier molecular flexibility index (Phi) is 5.97. The minimum Gasteiger partial charge on any atom is -0.465 e. The Morgan fingerprint density at radius 1 is 1.27 bits per heavy atom. The standard InChI is InChI=1S/C17H26N2O3/c1-6-13(11-19(16(21)22)17(3,4)5)15(20)18-14-10-8-7-9-12(14)2/h7-10,13H,6,11H2,1-5H3,(H,18,20)(H,21,22). The highest BCUT2D eigenvalue weighted by Crippen LogP contribution is 2.20. The lowest BCUT2D eigenvalue weighted by atomic mass is 10.00. The van der Waals surface area contributed by atoms with E-state index in [0.29, 0.717) is 6.42 Å². The summed E-state index contributed by atoms with van der Waals surface area (Å²) in [7, 11) is 0. The van der Waals surface area contributed by atoms with Crippen LogP contribution in [0.5, 0.6) is 0 Å². The average molecular weight is 306 g/mol. The van der Waals surface area contributed by atoms with Gasteiger partial charge in [-0.25, -0.2) is 4.79 Å². The molecule has 122 valence electrons. The highest BCUT2D eigenvalue weighted by atomic mass is 16.4. The topological polar surface area (TPSA) is 69.6 Å². The van der Waals surface area contributed by atoms with E-state index in [9.17, 15) is 14.7 Å². The second-order valence-corrected chi connectivity index (χ2v) is 6.47. The normalized spacial score (nSPS) is 12.6. The number of hydrogen-bond donors (Lipinski definition) is 2. The second-order valence-electron chi connectivity index (χ2n) is 6.47. The fourth-order valence-corrected chi connectivity index (χ4v) is 2.20. The van der Waals surface area contributed by atoms with Gasteiger partial charge in [0.1, 0.15) is 0 Å². The molecule has 0 aliphatic rings. The Labute approximate surface area is 132 Å². The van der Waals surface area contributed by atoms with Crippen molar-refractivity contribution < 1.29 is 14.7 Å². The van der Waals surface area contributed by atoms with Crippen molar-refractivity contribution in [3.05, 3.63) is 29.8 Å². The summed E-state index contributed by atoms with van der Waals surface area (Å²) < 4.78 is 0. The summed E-state index contributed by atoms with van der Waals surface area (Å²) in [5.41, 5.74) is 1.21. The molecule has 2 amide bonds. The summed E-state index contributed by atoms with van der Waals surface area (Å²) in [6, 6.07) is 7.55. The predicted octanol–water partition coefficient (Wildman–Crippen LogP) is 3.74. The van der Waals surface area contributed by atoms with Gasteiger partial charge in [0.25, 0.3) is 0 Å². The molecule has 5 heteroatoms. The van der Waals surface area contributed by atoms with Gasteiger partial charge in [0.05, 0.1) is 5.92 Å². The fraction of sp³-hybridized carbons (Fsp3) is 0.529. The molecule has 0 saturated carbocycles. The predicted molar refractivity (Wildman–Crippen MR) is 88.1 cm³/mol. The zero-order chi connectivity index (χ0) is 16.9. The molecule has 1 aromatic carbocycles. The van der Waals surface area contributed by atoms with Crippen LogP contribution in [-0.4, -0.2) is 34.1 Å². The summed E-state index contributed by atoms with van der Waals surface area (Å²) in [5.74, 6) is -0.526. The molecule has 0 fully saturated rings. The summed E-state index contributed by atoms with van der Waals surface area (Å²) in [6.45, 7) is 9.49. The molecule has 0 saturated heterocycles. The number of hydrogen-bond acceptors (Lipinski definition) is 2. The summed E-state index contributed by atoms with van der Waals surface area (Å²) in [4.78, 5) is 25.2. The van der Waals surface area contributed by atoms with E-state index >= 15 is 0 Å². The monoisotopic (exact) mass is 306 g/mol. The van der Waals surface area contributed by atoms with Crippen molar-refractivity contribution in [1.29, 1.82) is 0 Å². The van der Waals surface area contributed by atoms with Crippen LogP contribution in [0.4, 0.5) is 10.5 Å². The van der Waals surface area contributed by atoms with Gasteiger partial charge < -0.3 is 15.3 Å². The number of benzene rings is 1. The molecular formula is C17H26N2O3. The SMILES string of the molecule is CCC(CN(C(=O)O)C(C)(C)C)C(=O)Nc1ccccc1C. The minimum atomic E-state index is -1.00. The van der Waals surface area contributed by atoms with E-state index in [2.05, 4.69) is 5.32 Å². The van der Waals surface area contributed by atoms with Crippen molar-refractivity contribution in [2.45, 2.75) is 46.6 Å². The molecular weight excluding hydrogens is 280 g/mol. The van der Waals surface area contributed by atoms with E-state index in [1.165, 1.54) is 4.90 Å². The number of carbonyl (C=O) groups excluding carboxylic acids is 1. The van der Waals surface area contributed by atoms with Crippen LogP contribution in [0.1, 0.15) is 39.7 Å². The van der Waals surface area contributed by atoms with Crippen molar-refractivity contribution in [2.24, 2.45) is 5.92 Å². The van der Waals surface area contributed by atoms with E-state index in [1.807, 2.05) is 58.9 Å². The van der Waals surface area contributed by atoms with Gasteiger partial charge in [0.15, 0.2) is 0 Å². The molecule has 0 radical (unpaired) electrons. The molecule has 1 unspecified atom stereocenters. The lowest BCUT2D eigenvalue weighted by molar-refractivity contribution is -0.120. The van der Waals surface area contributed by atoms with E-state index < -0.39 is 11.6 Å². The van der Waals surface area contributed by atoms with Crippen LogP contribution >= 0.6 is 0 Å². The fourth-order valence-electron chi connectivity index (χ4n) is 2.20. The Morgan fingerprint density at radius 2 is 1.86 bits per heavy atom. The number of rotatable bonds is 5. The zero-order valence-corrected chi connectivity index (χ0v) is 14.0. The zero-order valence-electron chi connectivity index (χ0n) is 14.0. The van der Waals surface area contributed by atoms with Gasteiger partial charge in [-0.2, -0.15) is 0 Å². The highest BCUT2D eigenvalue weighted by molar-refractivity contribution is 5.93. The number of carbonyl (C=O) groups is 2. The van der Waals surface area contributed by atoms with Crippen LogP contribution in [0.2, 0.25) is 0 Å². The number of carboxylic acid groups (broad SMARTS) is 1. The smallest absolute Gasteiger partial charge is 0.407 e. The van der Waals surface area contributed by atoms with Crippen molar-refractivity contribution in [3.8, 4) is 0 Å². The molecule has 0 spiro atoms. The Balaban J connectivity index is 2.85. The maximum absolute atomic E-state index is 12.5. The second kappa shape index (κ2) is 7.29. The van der Waals surface area contributed by atoms with Gasteiger partial charge in [0.2, 0.25) is 5.91 Å². The Morgan fingerprint density at radius 3 is 2.32 bits per heavy atom. The number of amides is 2. The van der Waals surface area contributed by atoms with Gasteiger partial charge >= 0.3 is 6.09 Å². The first-order chi connectivity index (χ1) is 10.2. The lowest BCUT2D eigenvalue weighted by Gasteiger charge is -2.35. The minimum absolute atomic E-state index is 0.146. The molecule has 0 aromatic heterocycles. The van der Waals surface area contributed by atoms with Crippen molar-refractivity contribution in [2.75, 3.05) is 11.9 Å². The van der Waals surface area contributed by atoms with Crippen molar-refractivity contribution in [1.82, 2.24) is 4.90 Å². The van der Waals surface area contributed by atoms with Crippen LogP contribution in [0.15, 0.2) is 24.3 Å². The van der Waals surface area contributed by atoms with Gasteiger partial charge in [-0.05, 0) is 45.7 Å². The number of aryl methyl sites for hydroxylation is 1. The van der Waals surface area contributed by atoms with Crippen LogP contribution in [-0.2, 0) is 4.79 Å². The first-order valence-corrected chi connectivity index (χ1v) is 7.53. The molecule has 1 atom stereocenters. The van der Waals surface area contributed by atoms with Gasteiger partial charge in [-0.1, -0.05) is 25.1 Å². The number of nitrogens with one attached hydrogen (secondary N) is 1. The average Bonchev–Trinajstić information content (AvgIpc) is 2.40. The first-order valence-electron chi connectivity index (χ1n) is 7.53. The molecule has 1 rings (SSSR count). The third-order valence-corrected chi connectivity index (χ3v) is 3.71. The molecule has 2 N–H and O–H groups in total. The highest BCUT2D eigenvalue weighted by Gasteiger charge is 2.30. The van der Waals surface area contributed by atoms with Crippen LogP contribution in [0.25, 0.3) is 0 Å². The summed E-state index contributed by atoms with van der Waals surface area (Å²) in [6.07, 6.45) is -0.424. The van der Waals surface area contributed by atoms with Crippen molar-refractivity contribution >= 4 is 17.7 Å². The number of anilines is 1. The van der Waals surface area contributed by atoms with Crippen LogP contribution < -0.4 is 5.32 Å². The lowest BCUT2D eigenvalue weighted by Crippen LogP contribution is -2.49. The van der Waals surface area contributed by atoms with E-state index in [-0.39, 0.29) is 18.4 Å². The molecule has 0 aliphatic carbocycles. The molecule has 1 aromatic rings. The number of nitrogens with zero attached hydrogens (tertiary/aromatic N) is 1. The van der Waals surface area contributed by atoms with Gasteiger partial charge in [-0.15, -0.1) is 0 Å². The Bertz CT molecular complexity index is 535. The third kappa shape index (κ3) is 4.76. The molecule has 5 nitrogen and oxygen atoms in total. The van der Waals surface area contributed by atoms with E-state index in [0.717, 1.165) is 11.3 Å². The van der Waals surface area contributed by atoms with Crippen LogP contribution in [0.3, 0.4) is 0 Å². The molecule has 0 heterocycles. The summed E-state index contributed by atoms with van der Waals surface area (Å²) in [5, 5.41) is 12.3. The number of para-hydroxylation sites is 1. The molecule has 0 bridgehead atoms. The van der Waals surface area contributed by atoms with Gasteiger partial charge in [0, 0.05) is 17.8 Å². The maximum atomic E-state index is 12.5. The van der Waals surface area contributed by atoms with Crippen molar-refractivity contribution in [3.63, 3.8) is 0 Å². The quantitative estimate of drug-likeness (QED) is 0.870. The third-order valence-electron chi connectivity index (χ3n) is 3.71. The van der Waals surface area contributed by atoms with Crippen LogP contribution in [0, 0.1) is 12.8 Å². The van der Waals surface area contributed by atoms with E-state index in [1.54, 1.807) is 0 Å². The largest absolute Gasteiger partial charge is 0.465 e. The first kappa shape index (κ1) is 18.0. The Hall–Kier alpha value is -2.04.